The normalized spacial score (nSPS) is 12.7. The Hall–Kier alpha value is -3.29. The fraction of sp³-hybridized carbons (Fsp3) is 0.200. The minimum absolute atomic E-state index is 0.0738. The van der Waals surface area contributed by atoms with Crippen LogP contribution in [0.3, 0.4) is 0 Å². The van der Waals surface area contributed by atoms with Gasteiger partial charge >= 0.3 is 5.69 Å². The van der Waals surface area contributed by atoms with E-state index in [4.69, 9.17) is 0 Å². The maximum absolute atomic E-state index is 11.2. The van der Waals surface area contributed by atoms with Gasteiger partial charge in [-0.25, -0.2) is 0 Å². The molecule has 2 aromatic carbocycles. The van der Waals surface area contributed by atoms with Gasteiger partial charge in [-0.1, -0.05) is 41.9 Å². The number of rotatable bonds is 8. The molecule has 150 valence electrons. The van der Waals surface area contributed by atoms with E-state index in [2.05, 4.69) is 32.2 Å². The minimum atomic E-state index is -0.690. The second-order valence-electron chi connectivity index (χ2n) is 6.45. The van der Waals surface area contributed by atoms with Crippen molar-refractivity contribution in [2.75, 3.05) is 5.43 Å². The van der Waals surface area contributed by atoms with Crippen molar-refractivity contribution in [3.63, 3.8) is 0 Å². The number of nitrogens with zero attached hydrogens (tertiary/aromatic N) is 3. The van der Waals surface area contributed by atoms with Crippen molar-refractivity contribution in [3.05, 3.63) is 84.5 Å². The third kappa shape index (κ3) is 6.38. The van der Waals surface area contributed by atoms with Gasteiger partial charge in [-0.3, -0.25) is 25.7 Å². The summed E-state index contributed by atoms with van der Waals surface area (Å²) in [7, 11) is 0. The monoisotopic (exact) mass is 458 g/mol. The summed E-state index contributed by atoms with van der Waals surface area (Å²) in [4.78, 5) is 20.6. The molecule has 29 heavy (non-hydrogen) atoms. The molecule has 9 heteroatoms. The zero-order valence-corrected chi connectivity index (χ0v) is 17.4. The van der Waals surface area contributed by atoms with Crippen LogP contribution in [0.25, 0.3) is 6.08 Å². The van der Waals surface area contributed by atoms with E-state index >= 15 is 0 Å². The Morgan fingerprint density at radius 1 is 1.17 bits per heavy atom. The molecular weight excluding hydrogens is 440 g/mol. The van der Waals surface area contributed by atoms with Gasteiger partial charge in [-0.15, -0.1) is 5.73 Å². The van der Waals surface area contributed by atoms with Gasteiger partial charge in [0.2, 0.25) is 0 Å². The summed E-state index contributed by atoms with van der Waals surface area (Å²) in [5, 5.41) is 26.1. The summed E-state index contributed by atoms with van der Waals surface area (Å²) in [5.74, 6) is 0. The van der Waals surface area contributed by atoms with Crippen LogP contribution in [0.15, 0.2) is 63.8 Å². The van der Waals surface area contributed by atoms with E-state index < -0.39 is 20.9 Å². The quantitative estimate of drug-likeness (QED) is 0.227. The lowest BCUT2D eigenvalue weighted by atomic mass is 9.89. The molecule has 0 radical (unpaired) electrons. The van der Waals surface area contributed by atoms with E-state index in [0.717, 1.165) is 22.5 Å². The Bertz CT molecular complexity index is 998. The smallest absolute Gasteiger partial charge is 0.272 e. The maximum atomic E-state index is 11.2. The van der Waals surface area contributed by atoms with Crippen LogP contribution in [0.5, 0.6) is 0 Å². The first-order chi connectivity index (χ1) is 13.7. The molecule has 0 heterocycles. The number of halogens is 1. The minimum Gasteiger partial charge on any atom is -0.272 e. The highest BCUT2D eigenvalue weighted by Crippen LogP contribution is 2.29. The molecular formula is C20H19BrN4O4. The molecule has 2 aromatic rings. The number of nitro benzene ring substituents is 2. The molecule has 2 rings (SSSR count). The highest BCUT2D eigenvalue weighted by atomic mass is 79.9. The van der Waals surface area contributed by atoms with E-state index in [1.807, 2.05) is 50.3 Å². The fourth-order valence-electron chi connectivity index (χ4n) is 2.25. The number of hydrogen-bond donors (Lipinski definition) is 1. The molecule has 0 saturated heterocycles. The van der Waals surface area contributed by atoms with Crippen molar-refractivity contribution in [3.8, 4) is 0 Å². The molecule has 1 unspecified atom stereocenters. The van der Waals surface area contributed by atoms with Crippen molar-refractivity contribution >= 4 is 45.3 Å². The largest absolute Gasteiger partial charge is 0.301 e. The van der Waals surface area contributed by atoms with Crippen molar-refractivity contribution in [1.29, 1.82) is 0 Å². The van der Waals surface area contributed by atoms with Crippen LogP contribution in [-0.2, 0) is 0 Å². The average molecular weight is 459 g/mol. The third-order valence-electron chi connectivity index (χ3n) is 4.23. The first-order valence-electron chi connectivity index (χ1n) is 8.66. The molecule has 1 N–H and O–H groups in total. The van der Waals surface area contributed by atoms with Crippen LogP contribution in [0, 0.1) is 25.6 Å². The predicted molar refractivity (Wildman–Crippen MR) is 117 cm³/mol. The van der Waals surface area contributed by atoms with Crippen LogP contribution < -0.4 is 5.43 Å². The van der Waals surface area contributed by atoms with Crippen LogP contribution in [0.1, 0.15) is 25.8 Å². The zero-order chi connectivity index (χ0) is 21.4. The molecule has 0 amide bonds. The highest BCUT2D eigenvalue weighted by molar-refractivity contribution is 9.10. The Labute approximate surface area is 176 Å². The summed E-state index contributed by atoms with van der Waals surface area (Å²) in [6, 6.07) is 11.1. The number of benzene rings is 2. The molecule has 8 nitrogen and oxygen atoms in total. The second kappa shape index (κ2) is 9.77. The number of allylic oxidation sites excluding steroid dienone is 1. The van der Waals surface area contributed by atoms with E-state index in [9.17, 15) is 20.2 Å². The molecule has 0 saturated carbocycles. The lowest BCUT2D eigenvalue weighted by Crippen LogP contribution is -2.14. The number of nitro groups is 2. The number of nitrogens with one attached hydrogen (secondary N) is 1. The van der Waals surface area contributed by atoms with Crippen molar-refractivity contribution in [2.24, 2.45) is 10.5 Å². The van der Waals surface area contributed by atoms with E-state index in [-0.39, 0.29) is 11.4 Å². The SMILES string of the molecule is CCC(C)(C=C=Cc1ccc(Br)cc1)/C=N/Nc1ccc([N+](=O)[O-])cc1[N+](=O)[O-]. The first-order valence-corrected chi connectivity index (χ1v) is 9.45. The summed E-state index contributed by atoms with van der Waals surface area (Å²) in [6.45, 7) is 3.93. The van der Waals surface area contributed by atoms with Gasteiger partial charge < -0.3 is 0 Å². The Morgan fingerprint density at radius 2 is 1.86 bits per heavy atom. The molecule has 0 spiro atoms. The van der Waals surface area contributed by atoms with Gasteiger partial charge in [-0.2, -0.15) is 5.10 Å². The number of hydrogen-bond acceptors (Lipinski definition) is 6. The molecule has 0 fully saturated rings. The summed E-state index contributed by atoms with van der Waals surface area (Å²) < 4.78 is 0.996. The van der Waals surface area contributed by atoms with Crippen molar-refractivity contribution in [2.45, 2.75) is 20.3 Å². The van der Waals surface area contributed by atoms with Gasteiger partial charge in [-0.05, 0) is 42.3 Å². The van der Waals surface area contributed by atoms with E-state index in [0.29, 0.717) is 0 Å². The number of non-ortho nitro benzene ring substituents is 1. The summed E-state index contributed by atoms with van der Waals surface area (Å²) in [5.41, 5.74) is 5.62. The zero-order valence-electron chi connectivity index (χ0n) is 15.8. The van der Waals surface area contributed by atoms with Crippen molar-refractivity contribution in [1.82, 2.24) is 0 Å². The average Bonchev–Trinajstić information content (AvgIpc) is 2.69. The highest BCUT2D eigenvalue weighted by Gasteiger charge is 2.20. The van der Waals surface area contributed by atoms with Gasteiger partial charge in [0.05, 0.1) is 15.9 Å². The maximum Gasteiger partial charge on any atom is 0.301 e. The van der Waals surface area contributed by atoms with Gasteiger partial charge in [0.1, 0.15) is 5.69 Å². The lowest BCUT2D eigenvalue weighted by Gasteiger charge is -2.16. The topological polar surface area (TPSA) is 111 Å². The summed E-state index contributed by atoms with van der Waals surface area (Å²) in [6.07, 6.45) is 6.07. The van der Waals surface area contributed by atoms with Crippen molar-refractivity contribution < 1.29 is 9.85 Å². The Morgan fingerprint density at radius 3 is 2.45 bits per heavy atom. The van der Waals surface area contributed by atoms with Gasteiger partial charge in [0.15, 0.2) is 0 Å². The Balaban J connectivity index is 2.18. The van der Waals surface area contributed by atoms with Crippen LogP contribution in [0.2, 0.25) is 0 Å². The Kier molecular flexibility index (Phi) is 7.41. The predicted octanol–water partition coefficient (Wildman–Crippen LogP) is 5.95. The van der Waals surface area contributed by atoms with Gasteiger partial charge in [0, 0.05) is 22.2 Å². The molecule has 0 aliphatic heterocycles. The summed E-state index contributed by atoms with van der Waals surface area (Å²) >= 11 is 3.39. The first kappa shape index (κ1) is 22.0. The molecule has 0 aromatic heterocycles. The second-order valence-corrected chi connectivity index (χ2v) is 7.37. The number of hydrazone groups is 1. The molecule has 0 bridgehead atoms. The van der Waals surface area contributed by atoms with E-state index in [1.165, 1.54) is 12.1 Å². The third-order valence-corrected chi connectivity index (χ3v) is 4.76. The fourth-order valence-corrected chi connectivity index (χ4v) is 2.51. The number of anilines is 1. The lowest BCUT2D eigenvalue weighted by molar-refractivity contribution is -0.393. The van der Waals surface area contributed by atoms with Crippen LogP contribution >= 0.6 is 15.9 Å². The molecule has 1 atom stereocenters. The van der Waals surface area contributed by atoms with Crippen LogP contribution in [-0.4, -0.2) is 16.1 Å². The van der Waals surface area contributed by atoms with E-state index in [1.54, 1.807) is 6.21 Å². The standard InChI is InChI=1S/C20H19BrN4O4/c1-3-20(2,12-4-5-15-6-8-16(21)9-7-15)14-22-23-18-11-10-17(24(26)27)13-19(18)25(28)29/h5-14,23H,3H2,1-2H3/b22-14+. The van der Waals surface area contributed by atoms with Crippen LogP contribution in [0.4, 0.5) is 17.1 Å². The molecule has 0 aliphatic rings. The van der Waals surface area contributed by atoms with Gasteiger partial charge in [0.25, 0.3) is 5.69 Å². The molecule has 0 aliphatic carbocycles.